The number of nitrogens with zero attached hydrogens (tertiary/aromatic N) is 1. The van der Waals surface area contributed by atoms with Crippen molar-refractivity contribution in [3.8, 4) is 5.75 Å². The maximum atomic E-state index is 5.42. The Hall–Kier alpha value is -2.54. The van der Waals surface area contributed by atoms with Crippen molar-refractivity contribution in [2.24, 2.45) is 11.5 Å². The van der Waals surface area contributed by atoms with E-state index in [0.717, 1.165) is 17.1 Å². The lowest BCUT2D eigenvalue weighted by atomic mass is 10.2. The minimum atomic E-state index is 0.513. The monoisotopic (exact) mass is 346 g/mol. The quantitative estimate of drug-likeness (QED) is 0.398. The second kappa shape index (κ2) is 15.0. The van der Waals surface area contributed by atoms with Gasteiger partial charge in [0.25, 0.3) is 0 Å². The first-order valence-electron chi connectivity index (χ1n) is 8.08. The van der Waals surface area contributed by atoms with Crippen LogP contribution in [0.15, 0.2) is 73.2 Å². The molecule has 6 nitrogen and oxygen atoms in total. The summed E-state index contributed by atoms with van der Waals surface area (Å²) in [5, 5.41) is 5.22. The van der Waals surface area contributed by atoms with Gasteiger partial charge in [0.1, 0.15) is 11.9 Å². The van der Waals surface area contributed by atoms with E-state index in [1.54, 1.807) is 13.2 Å². The first kappa shape index (κ1) is 22.5. The van der Waals surface area contributed by atoms with Crippen LogP contribution in [0.1, 0.15) is 0 Å². The molecule has 1 aromatic rings. The van der Waals surface area contributed by atoms with Gasteiger partial charge in [0.05, 0.1) is 27.0 Å². The van der Waals surface area contributed by atoms with E-state index >= 15 is 0 Å². The number of rotatable bonds is 9. The molecular weight excluding hydrogens is 314 g/mol. The van der Waals surface area contributed by atoms with Gasteiger partial charge in [-0.3, -0.25) is 0 Å². The number of nitrogens with one attached hydrogen (secondary N) is 1. The maximum Gasteiger partial charge on any atom is 0.119 e. The second-order valence-corrected chi connectivity index (χ2v) is 4.96. The summed E-state index contributed by atoms with van der Waals surface area (Å²) in [5.74, 6) is 0.835. The molecule has 138 valence electrons. The lowest BCUT2D eigenvalue weighted by molar-refractivity contribution is -0.557. The van der Waals surface area contributed by atoms with Crippen LogP contribution in [-0.4, -0.2) is 39.3 Å². The van der Waals surface area contributed by atoms with Crippen molar-refractivity contribution in [2.75, 3.05) is 39.7 Å². The summed E-state index contributed by atoms with van der Waals surface area (Å²) in [6.07, 6.45) is 11.3. The third-order valence-electron chi connectivity index (χ3n) is 2.93. The Bertz CT molecular complexity index is 549. The molecule has 0 saturated heterocycles. The van der Waals surface area contributed by atoms with E-state index in [1.807, 2.05) is 79.2 Å². The number of ether oxygens (including phenoxy) is 1. The first-order chi connectivity index (χ1) is 12.1. The molecule has 0 radical (unpaired) electrons. The highest BCUT2D eigenvalue weighted by molar-refractivity contribution is 5.53. The third-order valence-corrected chi connectivity index (χ3v) is 2.93. The summed E-state index contributed by atoms with van der Waals surface area (Å²) in [5.41, 5.74) is 12.6. The molecule has 7 N–H and O–H groups in total. The number of anilines is 1. The molecule has 0 atom stereocenters. The number of allylic oxidation sites excluding steroid dienone is 3. The fourth-order valence-electron chi connectivity index (χ4n) is 1.60. The Labute approximate surface area is 151 Å². The molecule has 0 aromatic heterocycles. The predicted octanol–water partition coefficient (Wildman–Crippen LogP) is 1.19. The van der Waals surface area contributed by atoms with Crippen molar-refractivity contribution in [3.63, 3.8) is 0 Å². The molecule has 25 heavy (non-hydrogen) atoms. The van der Waals surface area contributed by atoms with E-state index in [1.165, 1.54) is 0 Å². The minimum absolute atomic E-state index is 0.513. The van der Waals surface area contributed by atoms with E-state index in [4.69, 9.17) is 16.2 Å². The van der Waals surface area contributed by atoms with Crippen molar-refractivity contribution in [1.29, 1.82) is 0 Å². The van der Waals surface area contributed by atoms with Gasteiger partial charge in [-0.1, -0.05) is 18.7 Å². The molecule has 0 saturated carbocycles. The van der Waals surface area contributed by atoms with Crippen molar-refractivity contribution in [1.82, 2.24) is 4.90 Å². The molecule has 0 aliphatic carbocycles. The number of benzene rings is 1. The van der Waals surface area contributed by atoms with Gasteiger partial charge in [-0.15, -0.1) is 0 Å². The van der Waals surface area contributed by atoms with Crippen LogP contribution in [0.4, 0.5) is 5.69 Å². The summed E-state index contributed by atoms with van der Waals surface area (Å²) >= 11 is 0. The Morgan fingerprint density at radius 3 is 2.48 bits per heavy atom. The average molecular weight is 346 g/mol. The molecule has 6 heteroatoms. The topological polar surface area (TPSA) is 93.1 Å². The van der Waals surface area contributed by atoms with E-state index in [2.05, 4.69) is 11.9 Å². The van der Waals surface area contributed by atoms with E-state index in [0.29, 0.717) is 13.2 Å². The second-order valence-electron chi connectivity index (χ2n) is 4.96. The SMILES string of the molecule is C=C/C=C(\C=C/CN)Nc1ccc(OC)cc1.C[NH2+]/C=C\N(C)CN. The molecule has 0 aliphatic heterocycles. The molecule has 0 fully saturated rings. The smallest absolute Gasteiger partial charge is 0.119 e. The molecular formula is C19H32N5O+. The summed E-state index contributed by atoms with van der Waals surface area (Å²) in [4.78, 5) is 1.90. The average Bonchev–Trinajstić information content (AvgIpc) is 2.65. The maximum absolute atomic E-state index is 5.42. The summed E-state index contributed by atoms with van der Waals surface area (Å²) < 4.78 is 5.10. The third kappa shape index (κ3) is 11.6. The molecule has 0 aliphatic rings. The number of hydrogen-bond donors (Lipinski definition) is 4. The number of hydrogen-bond acceptors (Lipinski definition) is 5. The van der Waals surface area contributed by atoms with Crippen LogP contribution in [0, 0.1) is 0 Å². The Balaban J connectivity index is 0.000000609. The van der Waals surface area contributed by atoms with Gasteiger partial charge < -0.3 is 31.7 Å². The van der Waals surface area contributed by atoms with E-state index in [9.17, 15) is 0 Å². The van der Waals surface area contributed by atoms with Crippen LogP contribution in [0.5, 0.6) is 5.75 Å². The van der Waals surface area contributed by atoms with Crippen molar-refractivity contribution >= 4 is 5.69 Å². The zero-order valence-corrected chi connectivity index (χ0v) is 15.5. The van der Waals surface area contributed by atoms with Gasteiger partial charge in [0.15, 0.2) is 0 Å². The van der Waals surface area contributed by atoms with Gasteiger partial charge in [0, 0.05) is 25.0 Å². The lowest BCUT2D eigenvalue weighted by Gasteiger charge is -2.07. The molecule has 0 bridgehead atoms. The largest absolute Gasteiger partial charge is 0.497 e. The first-order valence-corrected chi connectivity index (χ1v) is 8.08. The number of nitrogens with two attached hydrogens (primary N) is 3. The molecule has 0 amide bonds. The minimum Gasteiger partial charge on any atom is -0.497 e. The fourth-order valence-corrected chi connectivity index (χ4v) is 1.60. The highest BCUT2D eigenvalue weighted by Gasteiger charge is 1.95. The van der Waals surface area contributed by atoms with Gasteiger partial charge >= 0.3 is 0 Å². The molecule has 0 spiro atoms. The Morgan fingerprint density at radius 2 is 2.00 bits per heavy atom. The van der Waals surface area contributed by atoms with Crippen LogP contribution in [-0.2, 0) is 0 Å². The van der Waals surface area contributed by atoms with Crippen LogP contribution < -0.4 is 26.8 Å². The van der Waals surface area contributed by atoms with Crippen molar-refractivity contribution in [2.45, 2.75) is 0 Å². The van der Waals surface area contributed by atoms with Crippen LogP contribution in [0.3, 0.4) is 0 Å². The van der Waals surface area contributed by atoms with Crippen LogP contribution >= 0.6 is 0 Å². The zero-order chi connectivity index (χ0) is 18.9. The summed E-state index contributed by atoms with van der Waals surface area (Å²) in [7, 11) is 5.55. The zero-order valence-electron chi connectivity index (χ0n) is 15.5. The Kier molecular flexibility index (Phi) is 13.5. The van der Waals surface area contributed by atoms with Gasteiger partial charge in [-0.05, 0) is 36.4 Å². The molecule has 0 unspecified atom stereocenters. The van der Waals surface area contributed by atoms with E-state index in [-0.39, 0.29) is 0 Å². The van der Waals surface area contributed by atoms with Gasteiger partial charge in [-0.2, -0.15) is 0 Å². The number of methoxy groups -OCH3 is 1. The highest BCUT2D eigenvalue weighted by atomic mass is 16.5. The van der Waals surface area contributed by atoms with Crippen molar-refractivity contribution < 1.29 is 10.1 Å². The summed E-state index contributed by atoms with van der Waals surface area (Å²) in [6.45, 7) is 4.76. The predicted molar refractivity (Wildman–Crippen MR) is 107 cm³/mol. The molecule has 1 aromatic carbocycles. The van der Waals surface area contributed by atoms with Crippen LogP contribution in [0.25, 0.3) is 0 Å². The lowest BCUT2D eigenvalue weighted by Crippen LogP contribution is -2.72. The Morgan fingerprint density at radius 1 is 1.32 bits per heavy atom. The molecule has 0 heterocycles. The fraction of sp³-hybridized carbons (Fsp3) is 0.263. The highest BCUT2D eigenvalue weighted by Crippen LogP contribution is 2.16. The number of quaternary nitrogens is 1. The van der Waals surface area contributed by atoms with Crippen LogP contribution in [0.2, 0.25) is 0 Å². The van der Waals surface area contributed by atoms with Gasteiger partial charge in [-0.25, -0.2) is 0 Å². The molecule has 1 rings (SSSR count). The van der Waals surface area contributed by atoms with E-state index < -0.39 is 0 Å². The van der Waals surface area contributed by atoms with Gasteiger partial charge in [0.2, 0.25) is 0 Å². The standard InChI is InChI=1S/C14H18N2O.C5H13N3/c1-3-5-12(6-4-11-15)16-13-7-9-14(17-2)10-8-13;1-7-3-4-8(2)5-6/h3-10,16H,1,11,15H2,2H3;3-4,7H,5-6H2,1-2H3/p+1/b6-4-,12-5+;4-3-. The van der Waals surface area contributed by atoms with Crippen molar-refractivity contribution in [3.05, 3.63) is 73.2 Å². The summed E-state index contributed by atoms with van der Waals surface area (Å²) in [6, 6.07) is 7.71. The normalized spacial score (nSPS) is 11.2.